The number of benzene rings is 9. The summed E-state index contributed by atoms with van der Waals surface area (Å²) in [4.78, 5) is 15.7. The summed E-state index contributed by atoms with van der Waals surface area (Å²) in [6.07, 6.45) is 0. The average Bonchev–Trinajstić information content (AvgIpc) is 3.31. The number of hydrogen-bond acceptors (Lipinski definition) is 3. The second-order valence-corrected chi connectivity index (χ2v) is 14.8. The van der Waals surface area contributed by atoms with Crippen LogP contribution in [0, 0.1) is 0 Å². The molecule has 0 atom stereocenters. The van der Waals surface area contributed by atoms with E-state index in [1.165, 1.54) is 32.7 Å². The number of nitrogens with zero attached hydrogens (tertiary/aromatic N) is 3. The third-order valence-corrected chi connectivity index (χ3v) is 11.2. The first kappa shape index (κ1) is 33.6. The molecule has 3 nitrogen and oxygen atoms in total. The molecule has 2 aromatic heterocycles. The SMILES string of the molecule is c1ccc(-c2nc3cc(-c4ccc(-c5cc(-c6ccc7ccccc7c6)nc(-c6ccc7ccccc7c6)n5)cc4)ccc3c3c(-c4ccccc4)cccc23)cc1. The molecule has 0 fully saturated rings. The van der Waals surface area contributed by atoms with Gasteiger partial charge in [0.25, 0.3) is 0 Å². The van der Waals surface area contributed by atoms with Crippen LogP contribution in [0.5, 0.6) is 0 Å². The Kier molecular flexibility index (Phi) is 8.15. The summed E-state index contributed by atoms with van der Waals surface area (Å²) in [7, 11) is 0. The first-order valence-electron chi connectivity index (χ1n) is 19.7. The molecule has 0 radical (unpaired) electrons. The number of rotatable bonds is 6. The van der Waals surface area contributed by atoms with Gasteiger partial charge in [-0.2, -0.15) is 0 Å². The van der Waals surface area contributed by atoms with E-state index in [9.17, 15) is 0 Å². The fourth-order valence-electron chi connectivity index (χ4n) is 8.29. The fourth-order valence-corrected chi connectivity index (χ4v) is 8.29. The van der Waals surface area contributed by atoms with E-state index in [1.54, 1.807) is 0 Å². The highest BCUT2D eigenvalue weighted by atomic mass is 14.9. The zero-order valence-corrected chi connectivity index (χ0v) is 31.5. The molecule has 0 aliphatic heterocycles. The molecular weight excluding hydrogens is 703 g/mol. The summed E-state index contributed by atoms with van der Waals surface area (Å²) in [5.74, 6) is 0.701. The first-order chi connectivity index (χ1) is 28.7. The van der Waals surface area contributed by atoms with Gasteiger partial charge in [-0.15, -0.1) is 0 Å². The second kappa shape index (κ2) is 14.1. The zero-order valence-electron chi connectivity index (χ0n) is 31.5. The smallest absolute Gasteiger partial charge is 0.160 e. The van der Waals surface area contributed by atoms with Crippen molar-refractivity contribution in [3.8, 4) is 67.4 Å². The van der Waals surface area contributed by atoms with E-state index in [1.807, 2.05) is 0 Å². The van der Waals surface area contributed by atoms with Gasteiger partial charge in [0, 0.05) is 38.4 Å². The Hall–Kier alpha value is -7.75. The normalized spacial score (nSPS) is 11.4. The maximum absolute atomic E-state index is 5.36. The second-order valence-electron chi connectivity index (χ2n) is 14.8. The largest absolute Gasteiger partial charge is 0.247 e. The molecule has 0 spiro atoms. The van der Waals surface area contributed by atoms with Crippen LogP contribution in [-0.2, 0) is 0 Å². The highest BCUT2D eigenvalue weighted by Gasteiger charge is 2.16. The number of pyridine rings is 1. The van der Waals surface area contributed by atoms with Crippen molar-refractivity contribution in [2.24, 2.45) is 0 Å². The maximum atomic E-state index is 5.36. The first-order valence-corrected chi connectivity index (χ1v) is 19.7. The summed E-state index contributed by atoms with van der Waals surface area (Å²) in [5.41, 5.74) is 12.5. The molecule has 11 aromatic rings. The lowest BCUT2D eigenvalue weighted by molar-refractivity contribution is 1.18. The van der Waals surface area contributed by atoms with E-state index < -0.39 is 0 Å². The maximum Gasteiger partial charge on any atom is 0.160 e. The predicted octanol–water partition coefficient (Wildman–Crippen LogP) is 14.5. The number of fused-ring (bicyclic) bond motifs is 5. The molecule has 2 heterocycles. The molecule has 3 heteroatoms. The van der Waals surface area contributed by atoms with Crippen molar-refractivity contribution in [1.82, 2.24) is 15.0 Å². The number of aromatic nitrogens is 3. The van der Waals surface area contributed by atoms with Gasteiger partial charge < -0.3 is 0 Å². The van der Waals surface area contributed by atoms with Crippen LogP contribution in [-0.4, -0.2) is 15.0 Å². The summed E-state index contributed by atoms with van der Waals surface area (Å²) >= 11 is 0. The summed E-state index contributed by atoms with van der Waals surface area (Å²) in [6, 6.07) is 75.2. The Balaban J connectivity index is 1.03. The van der Waals surface area contributed by atoms with Crippen molar-refractivity contribution in [3.63, 3.8) is 0 Å². The fraction of sp³-hybridized carbons (Fsp3) is 0. The minimum atomic E-state index is 0.701. The quantitative estimate of drug-likeness (QED) is 0.160. The molecule has 0 saturated heterocycles. The van der Waals surface area contributed by atoms with E-state index in [4.69, 9.17) is 15.0 Å². The van der Waals surface area contributed by atoms with Gasteiger partial charge in [0.15, 0.2) is 5.82 Å². The minimum absolute atomic E-state index is 0.701. The molecule has 0 aliphatic carbocycles. The lowest BCUT2D eigenvalue weighted by atomic mass is 9.92. The summed E-state index contributed by atoms with van der Waals surface area (Å²) < 4.78 is 0. The standard InChI is InChI=1S/C55H35N3/c1-3-14-39(15-4-1)47-20-11-21-49-53(47)48-31-30-44(34-52(48)56-54(49)41-16-5-2-6-17-41)38-22-26-40(27-23-38)50-35-51(45-28-24-36-12-7-9-18-42(36)32-45)58-55(57-50)46-29-25-37-13-8-10-19-43(37)33-46/h1-35H. The molecule has 9 aromatic carbocycles. The lowest BCUT2D eigenvalue weighted by Gasteiger charge is -2.15. The van der Waals surface area contributed by atoms with Crippen LogP contribution >= 0.6 is 0 Å². The van der Waals surface area contributed by atoms with Gasteiger partial charge in [-0.05, 0) is 68.1 Å². The van der Waals surface area contributed by atoms with Crippen molar-refractivity contribution in [2.75, 3.05) is 0 Å². The average molecular weight is 738 g/mol. The van der Waals surface area contributed by atoms with Crippen LogP contribution in [0.3, 0.4) is 0 Å². The van der Waals surface area contributed by atoms with Crippen molar-refractivity contribution in [3.05, 3.63) is 212 Å². The van der Waals surface area contributed by atoms with E-state index in [0.29, 0.717) is 5.82 Å². The van der Waals surface area contributed by atoms with Gasteiger partial charge in [0.05, 0.1) is 22.6 Å². The van der Waals surface area contributed by atoms with Crippen LogP contribution in [0.25, 0.3) is 111 Å². The van der Waals surface area contributed by atoms with Gasteiger partial charge in [-0.3, -0.25) is 0 Å². The number of hydrogen-bond donors (Lipinski definition) is 0. The van der Waals surface area contributed by atoms with Crippen molar-refractivity contribution >= 4 is 43.2 Å². The highest BCUT2D eigenvalue weighted by Crippen LogP contribution is 2.40. The van der Waals surface area contributed by atoms with Gasteiger partial charge in [-0.1, -0.05) is 188 Å². The molecule has 0 N–H and O–H groups in total. The third-order valence-electron chi connectivity index (χ3n) is 11.2. The molecular formula is C55H35N3. The molecule has 0 bridgehead atoms. The van der Waals surface area contributed by atoms with Gasteiger partial charge in [-0.25, -0.2) is 15.0 Å². The predicted molar refractivity (Wildman–Crippen MR) is 242 cm³/mol. The Bertz CT molecular complexity index is 3220. The van der Waals surface area contributed by atoms with E-state index >= 15 is 0 Å². The summed E-state index contributed by atoms with van der Waals surface area (Å²) in [6.45, 7) is 0. The lowest BCUT2D eigenvalue weighted by Crippen LogP contribution is -1.96. The minimum Gasteiger partial charge on any atom is -0.247 e. The van der Waals surface area contributed by atoms with E-state index in [0.717, 1.165) is 72.1 Å². The van der Waals surface area contributed by atoms with Crippen molar-refractivity contribution < 1.29 is 0 Å². The third kappa shape index (κ3) is 6.07. The highest BCUT2D eigenvalue weighted by molar-refractivity contribution is 6.17. The zero-order chi connectivity index (χ0) is 38.4. The van der Waals surface area contributed by atoms with Crippen molar-refractivity contribution in [2.45, 2.75) is 0 Å². The molecule has 270 valence electrons. The molecule has 0 amide bonds. The molecule has 0 aliphatic rings. The molecule has 58 heavy (non-hydrogen) atoms. The Morgan fingerprint density at radius 1 is 0.276 bits per heavy atom. The monoisotopic (exact) mass is 737 g/mol. The molecule has 11 rings (SSSR count). The van der Waals surface area contributed by atoms with Gasteiger partial charge >= 0.3 is 0 Å². The Morgan fingerprint density at radius 2 is 0.828 bits per heavy atom. The van der Waals surface area contributed by atoms with Gasteiger partial charge in [0.2, 0.25) is 0 Å². The van der Waals surface area contributed by atoms with E-state index in [2.05, 4.69) is 212 Å². The van der Waals surface area contributed by atoms with Crippen LogP contribution in [0.2, 0.25) is 0 Å². The Morgan fingerprint density at radius 3 is 1.53 bits per heavy atom. The molecule has 0 saturated carbocycles. The van der Waals surface area contributed by atoms with Gasteiger partial charge in [0.1, 0.15) is 0 Å². The van der Waals surface area contributed by atoms with E-state index in [-0.39, 0.29) is 0 Å². The Labute approximate surface area is 336 Å². The molecule has 0 unspecified atom stereocenters. The van der Waals surface area contributed by atoms with Crippen LogP contribution in [0.15, 0.2) is 212 Å². The topological polar surface area (TPSA) is 38.7 Å². The van der Waals surface area contributed by atoms with Crippen LogP contribution in [0.1, 0.15) is 0 Å². The summed E-state index contributed by atoms with van der Waals surface area (Å²) in [5, 5.41) is 8.24. The van der Waals surface area contributed by atoms with Crippen LogP contribution < -0.4 is 0 Å². The van der Waals surface area contributed by atoms with Crippen molar-refractivity contribution in [1.29, 1.82) is 0 Å². The van der Waals surface area contributed by atoms with Crippen LogP contribution in [0.4, 0.5) is 0 Å².